The van der Waals surface area contributed by atoms with Gasteiger partial charge in [0.1, 0.15) is 18.0 Å². The molecule has 6 aliphatic rings. The second kappa shape index (κ2) is 10.6. The standard InChI is InChI=1S/C29H46O9/c1-14-9-19-21(34-23-13-32-24(11-15(2)30)35-20(23)10-14)12-22-26(36-19)17(4)25(31)28-27(37-22)16(3)18(5)29(38-28)7-6-8-33-29/h14,16-28,31H,6-13H2,1-5H3/t14-,16+,17+,18+,19+,20-,21-,22+,23?,24-,25+,26-,27-,28+,29?/m1/s1. The highest BCUT2D eigenvalue weighted by atomic mass is 16.7. The Morgan fingerprint density at radius 1 is 0.842 bits per heavy atom. The van der Waals surface area contributed by atoms with Gasteiger partial charge in [-0.25, -0.2) is 0 Å². The van der Waals surface area contributed by atoms with Gasteiger partial charge in [0, 0.05) is 24.7 Å². The van der Waals surface area contributed by atoms with Crippen LogP contribution in [0.4, 0.5) is 0 Å². The molecule has 0 saturated carbocycles. The highest BCUT2D eigenvalue weighted by molar-refractivity contribution is 5.75. The molecule has 0 aromatic rings. The second-order valence-corrected chi connectivity index (χ2v) is 13.0. The Labute approximate surface area is 226 Å². The van der Waals surface area contributed by atoms with E-state index in [0.717, 1.165) is 25.7 Å². The van der Waals surface area contributed by atoms with Gasteiger partial charge in [-0.3, -0.25) is 4.79 Å². The van der Waals surface area contributed by atoms with Crippen LogP contribution in [-0.2, 0) is 38.0 Å². The van der Waals surface area contributed by atoms with Crippen LogP contribution in [0.1, 0.15) is 73.1 Å². The SMILES string of the molecule is CC(=O)C[C@@H]1OCC2O[C@@H]3C[C@@H]4O[C@@H]5[C@@H](C)[C@H](C)C6(CCCO6)O[C@H]5[C@@H](O)[C@H](C)[C@H]4O[C@H]3C[C@@H](C)C[C@H]2O1. The summed E-state index contributed by atoms with van der Waals surface area (Å²) in [6.07, 6.45) is 1.48. The number of Topliss-reactive ketones (excluding diaryl/α,β-unsaturated/α-hetero) is 1. The molecule has 1 spiro atoms. The van der Waals surface area contributed by atoms with Crippen molar-refractivity contribution in [2.24, 2.45) is 23.7 Å². The highest BCUT2D eigenvalue weighted by Crippen LogP contribution is 2.50. The van der Waals surface area contributed by atoms with E-state index in [1.54, 1.807) is 6.92 Å². The Morgan fingerprint density at radius 2 is 1.55 bits per heavy atom. The molecule has 6 aliphatic heterocycles. The van der Waals surface area contributed by atoms with Gasteiger partial charge in [0.2, 0.25) is 0 Å². The van der Waals surface area contributed by atoms with Crippen molar-refractivity contribution in [3.05, 3.63) is 0 Å². The summed E-state index contributed by atoms with van der Waals surface area (Å²) in [6.45, 7) is 11.3. The lowest BCUT2D eigenvalue weighted by molar-refractivity contribution is -0.339. The van der Waals surface area contributed by atoms with E-state index in [0.29, 0.717) is 25.6 Å². The maximum Gasteiger partial charge on any atom is 0.171 e. The molecule has 9 heteroatoms. The number of aliphatic hydroxyl groups excluding tert-OH is 1. The average Bonchev–Trinajstić information content (AvgIpc) is 3.31. The van der Waals surface area contributed by atoms with Gasteiger partial charge in [0.15, 0.2) is 12.1 Å². The number of hydrogen-bond acceptors (Lipinski definition) is 9. The highest BCUT2D eigenvalue weighted by Gasteiger charge is 2.60. The van der Waals surface area contributed by atoms with Crippen LogP contribution < -0.4 is 0 Å². The van der Waals surface area contributed by atoms with Crippen molar-refractivity contribution in [1.82, 2.24) is 0 Å². The third-order valence-electron chi connectivity index (χ3n) is 10.2. The summed E-state index contributed by atoms with van der Waals surface area (Å²) in [5, 5.41) is 11.6. The monoisotopic (exact) mass is 538 g/mol. The summed E-state index contributed by atoms with van der Waals surface area (Å²) in [7, 11) is 0. The molecule has 6 heterocycles. The van der Waals surface area contributed by atoms with Gasteiger partial charge in [-0.15, -0.1) is 0 Å². The molecule has 0 aliphatic carbocycles. The number of carbonyl (C=O) groups is 1. The number of ketones is 1. The first-order valence-corrected chi connectivity index (χ1v) is 14.9. The molecule has 9 nitrogen and oxygen atoms in total. The zero-order chi connectivity index (χ0) is 26.8. The van der Waals surface area contributed by atoms with Gasteiger partial charge in [-0.1, -0.05) is 27.7 Å². The number of carbonyl (C=O) groups excluding carboxylic acids is 1. The minimum Gasteiger partial charge on any atom is -0.390 e. The van der Waals surface area contributed by atoms with E-state index in [2.05, 4.69) is 27.7 Å². The van der Waals surface area contributed by atoms with Crippen LogP contribution in [0.25, 0.3) is 0 Å². The maximum atomic E-state index is 11.6. The van der Waals surface area contributed by atoms with Crippen LogP contribution in [0.2, 0.25) is 0 Å². The van der Waals surface area contributed by atoms with E-state index in [4.69, 9.17) is 33.2 Å². The van der Waals surface area contributed by atoms with Crippen LogP contribution in [0.15, 0.2) is 0 Å². The average molecular weight is 539 g/mol. The molecular weight excluding hydrogens is 492 g/mol. The summed E-state index contributed by atoms with van der Waals surface area (Å²) < 4.78 is 45.1. The molecule has 6 fully saturated rings. The smallest absolute Gasteiger partial charge is 0.171 e. The van der Waals surface area contributed by atoms with Gasteiger partial charge < -0.3 is 38.3 Å². The number of hydrogen-bond donors (Lipinski definition) is 1. The molecule has 38 heavy (non-hydrogen) atoms. The molecule has 0 radical (unpaired) electrons. The third kappa shape index (κ3) is 4.89. The van der Waals surface area contributed by atoms with Crippen molar-refractivity contribution in [2.75, 3.05) is 13.2 Å². The van der Waals surface area contributed by atoms with Crippen molar-refractivity contribution in [2.45, 2.75) is 140 Å². The van der Waals surface area contributed by atoms with E-state index < -0.39 is 24.3 Å². The quantitative estimate of drug-likeness (QED) is 0.568. The van der Waals surface area contributed by atoms with Crippen molar-refractivity contribution >= 4 is 5.78 Å². The number of ether oxygens (including phenoxy) is 7. The topological polar surface area (TPSA) is 102 Å². The lowest BCUT2D eigenvalue weighted by atomic mass is 9.76. The van der Waals surface area contributed by atoms with Gasteiger partial charge in [0.25, 0.3) is 0 Å². The molecule has 6 saturated heterocycles. The number of rotatable bonds is 2. The second-order valence-electron chi connectivity index (χ2n) is 13.0. The van der Waals surface area contributed by atoms with E-state index in [1.807, 2.05) is 0 Å². The number of aliphatic hydroxyl groups is 1. The van der Waals surface area contributed by atoms with Gasteiger partial charge in [-0.05, 0) is 38.0 Å². The van der Waals surface area contributed by atoms with Crippen molar-refractivity contribution < 1.29 is 43.1 Å². The van der Waals surface area contributed by atoms with E-state index >= 15 is 0 Å². The molecule has 0 bridgehead atoms. The van der Waals surface area contributed by atoms with Crippen LogP contribution >= 0.6 is 0 Å². The fourth-order valence-electron chi connectivity index (χ4n) is 7.90. The first kappa shape index (κ1) is 27.5. The Bertz CT molecular complexity index is 861. The third-order valence-corrected chi connectivity index (χ3v) is 10.2. The molecule has 1 N–H and O–H groups in total. The maximum absolute atomic E-state index is 11.6. The Kier molecular flexibility index (Phi) is 7.70. The predicted molar refractivity (Wildman–Crippen MR) is 135 cm³/mol. The lowest BCUT2D eigenvalue weighted by Gasteiger charge is -2.51. The zero-order valence-corrected chi connectivity index (χ0v) is 23.5. The molecule has 15 atom stereocenters. The molecule has 2 unspecified atom stereocenters. The summed E-state index contributed by atoms with van der Waals surface area (Å²) in [4.78, 5) is 11.6. The molecule has 6 rings (SSSR count). The summed E-state index contributed by atoms with van der Waals surface area (Å²) in [6, 6.07) is 0. The minimum atomic E-state index is -0.711. The summed E-state index contributed by atoms with van der Waals surface area (Å²) in [5.41, 5.74) is 0. The van der Waals surface area contributed by atoms with Gasteiger partial charge in [0.05, 0.1) is 62.4 Å². The van der Waals surface area contributed by atoms with Gasteiger partial charge >= 0.3 is 0 Å². The summed E-state index contributed by atoms with van der Waals surface area (Å²) >= 11 is 0. The zero-order valence-electron chi connectivity index (χ0n) is 23.5. The minimum absolute atomic E-state index is 0.0563. The molecular formula is C29H46O9. The van der Waals surface area contributed by atoms with Crippen molar-refractivity contribution in [3.63, 3.8) is 0 Å². The largest absolute Gasteiger partial charge is 0.390 e. The Hall–Kier alpha value is -0.650. The Morgan fingerprint density at radius 3 is 2.26 bits per heavy atom. The van der Waals surface area contributed by atoms with E-state index in [1.165, 1.54) is 0 Å². The molecule has 0 aromatic carbocycles. The van der Waals surface area contributed by atoms with Crippen molar-refractivity contribution in [3.8, 4) is 0 Å². The van der Waals surface area contributed by atoms with Crippen LogP contribution in [-0.4, -0.2) is 91.1 Å². The fourth-order valence-corrected chi connectivity index (χ4v) is 7.90. The molecule has 216 valence electrons. The van der Waals surface area contributed by atoms with Crippen molar-refractivity contribution in [1.29, 1.82) is 0 Å². The predicted octanol–water partition coefficient (Wildman–Crippen LogP) is 2.99. The summed E-state index contributed by atoms with van der Waals surface area (Å²) in [5.74, 6) is -0.0743. The lowest BCUT2D eigenvalue weighted by Crippen LogP contribution is -2.60. The molecule has 0 amide bonds. The first-order valence-electron chi connectivity index (χ1n) is 14.9. The van der Waals surface area contributed by atoms with Crippen LogP contribution in [0, 0.1) is 23.7 Å². The first-order chi connectivity index (χ1) is 18.1. The van der Waals surface area contributed by atoms with Crippen LogP contribution in [0.3, 0.4) is 0 Å². The van der Waals surface area contributed by atoms with Crippen LogP contribution in [0.5, 0.6) is 0 Å². The van der Waals surface area contributed by atoms with Gasteiger partial charge in [-0.2, -0.15) is 0 Å². The van der Waals surface area contributed by atoms with E-state index in [9.17, 15) is 9.90 Å². The van der Waals surface area contributed by atoms with E-state index in [-0.39, 0.29) is 72.7 Å². The Balaban J connectivity index is 1.21. The normalized spacial score (nSPS) is 55.0. The molecule has 0 aromatic heterocycles. The fraction of sp³-hybridized carbons (Fsp3) is 0.966. The number of fused-ring (bicyclic) bond motifs is 4.